The number of imidazole rings is 2. The van der Waals surface area contributed by atoms with E-state index in [9.17, 15) is 5.26 Å². The van der Waals surface area contributed by atoms with Crippen LogP contribution in [0.15, 0.2) is 170 Å². The Kier molecular flexibility index (Phi) is 12.4. The largest absolute Gasteiger partial charge is 0.457 e. The molecule has 0 atom stereocenters. The number of para-hydroxylation sites is 2. The summed E-state index contributed by atoms with van der Waals surface area (Å²) < 4.78 is 11.4. The number of hydrogen-bond acceptors (Lipinski definition) is 4. The average Bonchev–Trinajstić information content (AvgIpc) is 3.96. The van der Waals surface area contributed by atoms with Crippen LogP contribution in [0.1, 0.15) is 107 Å². The molecule has 0 aliphatic carbocycles. The van der Waals surface area contributed by atoms with Gasteiger partial charge in [0.1, 0.15) is 23.1 Å². The van der Waals surface area contributed by atoms with Crippen molar-refractivity contribution in [3.05, 3.63) is 209 Å². The van der Waals surface area contributed by atoms with Crippen molar-refractivity contribution >= 4 is 27.8 Å². The quantitative estimate of drug-likeness (QED) is 0.114. The van der Waals surface area contributed by atoms with Crippen LogP contribution in [0, 0.1) is 17.9 Å². The number of nitriles is 1. The van der Waals surface area contributed by atoms with E-state index in [1.54, 1.807) is 6.07 Å². The SMILES string of the molecule is [C-]#[N+]c1cc2nc(-c3cccc(Oc4cccc(-c5nc6ccccc6n5-c5c(C(C)C)cc(-c6ccccc6)cc5C(C)C)c4)c3)n(-c3c(C(C)C)cc(-c4ccccc4)cc3C(C)C)c2cc1C#N. The van der Waals surface area contributed by atoms with Gasteiger partial charge < -0.3 is 4.74 Å². The molecule has 0 unspecified atom stereocenters. The van der Waals surface area contributed by atoms with E-state index in [1.807, 2.05) is 42.5 Å². The lowest BCUT2D eigenvalue weighted by Crippen LogP contribution is -2.09. The second-order valence-electron chi connectivity index (χ2n) is 19.6. The first-order chi connectivity index (χ1) is 34.4. The van der Waals surface area contributed by atoms with Gasteiger partial charge in [-0.2, -0.15) is 5.26 Å². The lowest BCUT2D eigenvalue weighted by atomic mass is 9.88. The summed E-state index contributed by atoms with van der Waals surface area (Å²) in [5.41, 5.74) is 17.5. The van der Waals surface area contributed by atoms with Gasteiger partial charge in [-0.1, -0.05) is 152 Å². The minimum atomic E-state index is 0.145. The molecule has 7 nitrogen and oxygen atoms in total. The van der Waals surface area contributed by atoms with Crippen LogP contribution in [0.25, 0.3) is 83.3 Å². The van der Waals surface area contributed by atoms with Crippen molar-refractivity contribution in [3.63, 3.8) is 0 Å². The normalized spacial score (nSPS) is 11.6. The molecule has 0 saturated heterocycles. The first-order valence-electron chi connectivity index (χ1n) is 24.6. The fraction of sp³-hybridized carbons (Fsp3) is 0.188. The first-order valence-corrected chi connectivity index (χ1v) is 24.6. The topological polar surface area (TPSA) is 73.0 Å². The molecule has 10 aromatic rings. The lowest BCUT2D eigenvalue weighted by Gasteiger charge is -2.24. The number of rotatable bonds is 12. The van der Waals surface area contributed by atoms with Crippen LogP contribution < -0.4 is 4.74 Å². The molecule has 0 radical (unpaired) electrons. The van der Waals surface area contributed by atoms with Gasteiger partial charge in [0.25, 0.3) is 0 Å². The Morgan fingerprint density at radius 3 is 1.32 bits per heavy atom. The van der Waals surface area contributed by atoms with Gasteiger partial charge in [0.15, 0.2) is 0 Å². The number of benzene rings is 8. The van der Waals surface area contributed by atoms with Gasteiger partial charge in [-0.25, -0.2) is 14.8 Å². The van der Waals surface area contributed by atoms with Crippen molar-refractivity contribution in [2.75, 3.05) is 0 Å². The molecular weight excluding hydrogens is 869 g/mol. The van der Waals surface area contributed by atoms with Gasteiger partial charge in [-0.05, 0) is 141 Å². The molecule has 0 spiro atoms. The van der Waals surface area contributed by atoms with E-state index in [0.29, 0.717) is 28.4 Å². The van der Waals surface area contributed by atoms with Crippen LogP contribution in [0.3, 0.4) is 0 Å². The summed E-state index contributed by atoms with van der Waals surface area (Å²) >= 11 is 0. The monoisotopic (exact) mass is 924 g/mol. The molecule has 7 heteroatoms. The number of hydrogen-bond donors (Lipinski definition) is 0. The second-order valence-corrected chi connectivity index (χ2v) is 19.6. The van der Waals surface area contributed by atoms with Gasteiger partial charge in [-0.3, -0.25) is 9.13 Å². The molecule has 0 bridgehead atoms. The molecule has 71 heavy (non-hydrogen) atoms. The van der Waals surface area contributed by atoms with Crippen LogP contribution in [0.5, 0.6) is 11.5 Å². The lowest BCUT2D eigenvalue weighted by molar-refractivity contribution is 0.483. The fourth-order valence-electron chi connectivity index (χ4n) is 9.93. The smallest absolute Gasteiger partial charge is 0.206 e. The maximum atomic E-state index is 10.3. The first kappa shape index (κ1) is 46.2. The van der Waals surface area contributed by atoms with Crippen molar-refractivity contribution in [1.29, 1.82) is 5.26 Å². The molecule has 8 aromatic carbocycles. The number of fused-ring (bicyclic) bond motifs is 2. The van der Waals surface area contributed by atoms with Gasteiger partial charge in [0.05, 0.1) is 51.6 Å². The van der Waals surface area contributed by atoms with E-state index < -0.39 is 0 Å². The van der Waals surface area contributed by atoms with Crippen LogP contribution in [0.4, 0.5) is 5.69 Å². The van der Waals surface area contributed by atoms with Crippen molar-refractivity contribution in [3.8, 4) is 74.0 Å². The highest BCUT2D eigenvalue weighted by Crippen LogP contribution is 2.44. The number of aromatic nitrogens is 4. The average molecular weight is 925 g/mol. The Morgan fingerprint density at radius 2 is 0.873 bits per heavy atom. The fourth-order valence-corrected chi connectivity index (χ4v) is 9.93. The predicted octanol–water partition coefficient (Wildman–Crippen LogP) is 17.7. The molecule has 0 saturated carbocycles. The molecule has 0 fully saturated rings. The van der Waals surface area contributed by atoms with Crippen molar-refractivity contribution < 1.29 is 4.74 Å². The van der Waals surface area contributed by atoms with Crippen molar-refractivity contribution in [2.24, 2.45) is 0 Å². The standard InChI is InChI=1S/C64H56N6O/c1-39(2)52-32-47(43-20-12-10-13-21-43)33-53(40(3)4)61(52)69-59-29-17-16-28-56(59)67-63(69)45-24-18-26-50(30-45)71-51-27-19-25-46(31-51)64-68-58-37-57(66-9)49(38-65)36-60(58)70(64)62-54(41(5)6)34-48(35-55(62)42(7)8)44-22-14-11-15-23-44/h10-37,39-42H,1-8H3. The third kappa shape index (κ3) is 8.66. The van der Waals surface area contributed by atoms with E-state index in [1.165, 1.54) is 27.9 Å². The maximum Gasteiger partial charge on any atom is 0.206 e. The highest BCUT2D eigenvalue weighted by Gasteiger charge is 2.27. The molecule has 10 rings (SSSR count). The molecule has 0 aliphatic heterocycles. The zero-order chi connectivity index (χ0) is 49.5. The second kappa shape index (κ2) is 19.1. The Bertz CT molecular complexity index is 3650. The van der Waals surface area contributed by atoms with E-state index in [0.717, 1.165) is 61.4 Å². The zero-order valence-electron chi connectivity index (χ0n) is 41.6. The predicted molar refractivity (Wildman–Crippen MR) is 291 cm³/mol. The highest BCUT2D eigenvalue weighted by atomic mass is 16.5. The number of ether oxygens (including phenoxy) is 1. The van der Waals surface area contributed by atoms with E-state index >= 15 is 0 Å². The Morgan fingerprint density at radius 1 is 0.451 bits per heavy atom. The molecule has 0 amide bonds. The zero-order valence-corrected chi connectivity index (χ0v) is 41.6. The van der Waals surface area contributed by atoms with Crippen LogP contribution in [-0.2, 0) is 0 Å². The Hall–Kier alpha value is -8.52. The van der Waals surface area contributed by atoms with E-state index in [2.05, 4.69) is 197 Å². The summed E-state index contributed by atoms with van der Waals surface area (Å²) in [5, 5.41) is 10.3. The van der Waals surface area contributed by atoms with Crippen LogP contribution >= 0.6 is 0 Å². The molecule has 0 aliphatic rings. The van der Waals surface area contributed by atoms with Crippen molar-refractivity contribution in [1.82, 2.24) is 19.1 Å². The summed E-state index contributed by atoms with van der Waals surface area (Å²) in [4.78, 5) is 14.4. The maximum absolute atomic E-state index is 10.3. The van der Waals surface area contributed by atoms with Gasteiger partial charge >= 0.3 is 0 Å². The molecule has 348 valence electrons. The minimum Gasteiger partial charge on any atom is -0.457 e. The summed E-state index contributed by atoms with van der Waals surface area (Å²) in [6, 6.07) is 61.0. The summed E-state index contributed by atoms with van der Waals surface area (Å²) in [7, 11) is 0. The molecular formula is C64H56N6O. The summed E-state index contributed by atoms with van der Waals surface area (Å²) in [5.74, 6) is 3.60. The van der Waals surface area contributed by atoms with Crippen molar-refractivity contribution in [2.45, 2.75) is 79.1 Å². The third-order valence-corrected chi connectivity index (χ3v) is 13.5. The van der Waals surface area contributed by atoms with Gasteiger partial charge in [-0.15, -0.1) is 0 Å². The van der Waals surface area contributed by atoms with Gasteiger partial charge in [0, 0.05) is 11.1 Å². The van der Waals surface area contributed by atoms with E-state index in [4.69, 9.17) is 21.3 Å². The van der Waals surface area contributed by atoms with Crippen LogP contribution in [-0.4, -0.2) is 19.1 Å². The number of nitrogens with zero attached hydrogens (tertiary/aromatic N) is 6. The van der Waals surface area contributed by atoms with Gasteiger partial charge in [0.2, 0.25) is 5.69 Å². The molecule has 0 N–H and O–H groups in total. The molecule has 2 heterocycles. The van der Waals surface area contributed by atoms with E-state index in [-0.39, 0.29) is 29.4 Å². The highest BCUT2D eigenvalue weighted by molar-refractivity contribution is 5.90. The summed E-state index contributed by atoms with van der Waals surface area (Å²) in [6.45, 7) is 25.9. The Balaban J connectivity index is 1.11. The Labute approximate surface area is 417 Å². The third-order valence-electron chi connectivity index (χ3n) is 13.5. The van der Waals surface area contributed by atoms with Crippen LogP contribution in [0.2, 0.25) is 0 Å². The molecule has 2 aromatic heterocycles. The summed E-state index contributed by atoms with van der Waals surface area (Å²) in [6.07, 6.45) is 0. The minimum absolute atomic E-state index is 0.145.